The maximum absolute atomic E-state index is 5.95. The number of benzene rings is 1. The molecular formula is C32H54N2O2Si. The van der Waals surface area contributed by atoms with E-state index in [9.17, 15) is 0 Å². The van der Waals surface area contributed by atoms with E-state index in [4.69, 9.17) is 9.47 Å². The SMILES string of the molecule is CCCCCCCCOc1cnc(-c2ccc(OCCCCCCCCCC[Si](C)(C)CC)cc2)nc1. The lowest BCUT2D eigenvalue weighted by atomic mass is 10.1. The van der Waals surface area contributed by atoms with Gasteiger partial charge in [0.1, 0.15) is 5.75 Å². The number of ether oxygens (including phenoxy) is 2. The van der Waals surface area contributed by atoms with Gasteiger partial charge < -0.3 is 9.47 Å². The molecule has 1 aromatic heterocycles. The quantitative estimate of drug-likeness (QED) is 0.113. The topological polar surface area (TPSA) is 44.2 Å². The van der Waals surface area contributed by atoms with Crippen molar-refractivity contribution in [1.29, 1.82) is 0 Å². The Morgan fingerprint density at radius 2 is 1.08 bits per heavy atom. The van der Waals surface area contributed by atoms with E-state index in [1.807, 2.05) is 24.3 Å². The van der Waals surface area contributed by atoms with Crippen LogP contribution in [0.1, 0.15) is 104 Å². The second-order valence-corrected chi connectivity index (χ2v) is 16.9. The summed E-state index contributed by atoms with van der Waals surface area (Å²) in [5.41, 5.74) is 0.996. The highest BCUT2D eigenvalue weighted by atomic mass is 28.3. The van der Waals surface area contributed by atoms with Gasteiger partial charge in [0.05, 0.1) is 25.6 Å². The largest absolute Gasteiger partial charge is 0.494 e. The van der Waals surface area contributed by atoms with Crippen molar-refractivity contribution in [1.82, 2.24) is 9.97 Å². The number of aromatic nitrogens is 2. The van der Waals surface area contributed by atoms with Crippen molar-refractivity contribution in [3.8, 4) is 22.9 Å². The molecule has 0 saturated heterocycles. The molecule has 0 bridgehead atoms. The fourth-order valence-electron chi connectivity index (χ4n) is 4.45. The van der Waals surface area contributed by atoms with Crippen molar-refractivity contribution in [2.45, 2.75) is 129 Å². The molecule has 4 nitrogen and oxygen atoms in total. The molecule has 5 heteroatoms. The first kappa shape index (κ1) is 31.3. The van der Waals surface area contributed by atoms with Gasteiger partial charge in [0.15, 0.2) is 11.6 Å². The third kappa shape index (κ3) is 14.6. The highest BCUT2D eigenvalue weighted by Crippen LogP contribution is 2.22. The lowest BCUT2D eigenvalue weighted by molar-refractivity contribution is 0.302. The van der Waals surface area contributed by atoms with Gasteiger partial charge in [-0.25, -0.2) is 9.97 Å². The zero-order valence-corrected chi connectivity index (χ0v) is 25.4. The molecule has 37 heavy (non-hydrogen) atoms. The van der Waals surface area contributed by atoms with E-state index in [1.54, 1.807) is 12.4 Å². The van der Waals surface area contributed by atoms with Crippen molar-refractivity contribution < 1.29 is 9.47 Å². The van der Waals surface area contributed by atoms with Crippen LogP contribution in [-0.2, 0) is 0 Å². The average molecular weight is 527 g/mol. The molecule has 2 aromatic rings. The molecular weight excluding hydrogens is 472 g/mol. The van der Waals surface area contributed by atoms with E-state index >= 15 is 0 Å². The predicted molar refractivity (Wildman–Crippen MR) is 162 cm³/mol. The zero-order valence-electron chi connectivity index (χ0n) is 24.4. The molecule has 0 radical (unpaired) electrons. The van der Waals surface area contributed by atoms with E-state index in [-0.39, 0.29) is 0 Å². The minimum absolute atomic E-state index is 0.717. The summed E-state index contributed by atoms with van der Waals surface area (Å²) in [4.78, 5) is 8.97. The number of hydrogen-bond donors (Lipinski definition) is 0. The van der Waals surface area contributed by atoms with Crippen LogP contribution in [-0.4, -0.2) is 31.3 Å². The Morgan fingerprint density at radius 3 is 1.62 bits per heavy atom. The van der Waals surface area contributed by atoms with Crippen LogP contribution in [0.2, 0.25) is 25.2 Å². The molecule has 1 heterocycles. The van der Waals surface area contributed by atoms with Crippen LogP contribution in [0, 0.1) is 0 Å². The summed E-state index contributed by atoms with van der Waals surface area (Å²) >= 11 is 0. The molecule has 0 unspecified atom stereocenters. The monoisotopic (exact) mass is 526 g/mol. The molecule has 0 N–H and O–H groups in total. The van der Waals surface area contributed by atoms with Gasteiger partial charge in [-0.2, -0.15) is 0 Å². The summed E-state index contributed by atoms with van der Waals surface area (Å²) in [5, 5.41) is 0. The first-order chi connectivity index (χ1) is 18.0. The van der Waals surface area contributed by atoms with Gasteiger partial charge in [-0.1, -0.05) is 116 Å². The number of nitrogens with zero attached hydrogens (tertiary/aromatic N) is 2. The van der Waals surface area contributed by atoms with Gasteiger partial charge in [-0.05, 0) is 37.1 Å². The Kier molecular flexibility index (Phi) is 16.3. The van der Waals surface area contributed by atoms with Gasteiger partial charge in [0.2, 0.25) is 0 Å². The molecule has 1 aromatic carbocycles. The molecule has 0 aliphatic carbocycles. The molecule has 0 fully saturated rings. The minimum atomic E-state index is -0.853. The van der Waals surface area contributed by atoms with Gasteiger partial charge in [-0.3, -0.25) is 0 Å². The van der Waals surface area contributed by atoms with Gasteiger partial charge in [0.25, 0.3) is 0 Å². The minimum Gasteiger partial charge on any atom is -0.494 e. The van der Waals surface area contributed by atoms with Gasteiger partial charge in [-0.15, -0.1) is 0 Å². The first-order valence-electron chi connectivity index (χ1n) is 15.2. The average Bonchev–Trinajstić information content (AvgIpc) is 2.92. The van der Waals surface area contributed by atoms with Gasteiger partial charge in [0, 0.05) is 13.6 Å². The van der Waals surface area contributed by atoms with E-state index in [0.29, 0.717) is 0 Å². The molecule has 0 atom stereocenters. The highest BCUT2D eigenvalue weighted by molar-refractivity contribution is 6.77. The molecule has 0 spiro atoms. The molecule has 0 amide bonds. The van der Waals surface area contributed by atoms with Crippen molar-refractivity contribution in [3.63, 3.8) is 0 Å². The molecule has 0 aliphatic rings. The second-order valence-electron chi connectivity index (χ2n) is 11.3. The smallest absolute Gasteiger partial charge is 0.159 e. The van der Waals surface area contributed by atoms with Crippen LogP contribution < -0.4 is 9.47 Å². The Hall–Kier alpha value is -1.88. The van der Waals surface area contributed by atoms with E-state index in [1.165, 1.54) is 89.1 Å². The van der Waals surface area contributed by atoms with Crippen LogP contribution in [0.3, 0.4) is 0 Å². The lowest BCUT2D eigenvalue weighted by Crippen LogP contribution is -2.22. The lowest BCUT2D eigenvalue weighted by Gasteiger charge is -2.19. The summed E-state index contributed by atoms with van der Waals surface area (Å²) in [6.45, 7) is 11.2. The van der Waals surface area contributed by atoms with E-state index in [0.717, 1.165) is 48.9 Å². The normalized spacial score (nSPS) is 11.6. The summed E-state index contributed by atoms with van der Waals surface area (Å²) in [6, 6.07) is 11.0. The van der Waals surface area contributed by atoms with Crippen LogP contribution in [0.25, 0.3) is 11.4 Å². The molecule has 0 saturated carbocycles. The van der Waals surface area contributed by atoms with Crippen LogP contribution in [0.15, 0.2) is 36.7 Å². The third-order valence-electron chi connectivity index (χ3n) is 7.48. The summed E-state index contributed by atoms with van der Waals surface area (Å²) < 4.78 is 11.7. The Bertz CT molecular complexity index is 809. The fourth-order valence-corrected chi connectivity index (χ4v) is 6.01. The van der Waals surface area contributed by atoms with Crippen LogP contribution in [0.5, 0.6) is 11.5 Å². The number of unbranched alkanes of at least 4 members (excludes halogenated alkanes) is 12. The van der Waals surface area contributed by atoms with Gasteiger partial charge >= 0.3 is 0 Å². The zero-order chi connectivity index (χ0) is 26.6. The highest BCUT2D eigenvalue weighted by Gasteiger charge is 2.16. The summed E-state index contributed by atoms with van der Waals surface area (Å²) in [5.74, 6) is 2.38. The first-order valence-corrected chi connectivity index (χ1v) is 18.6. The molecule has 0 aliphatic heterocycles. The Morgan fingerprint density at radius 1 is 0.595 bits per heavy atom. The summed E-state index contributed by atoms with van der Waals surface area (Å²) in [6.07, 6.45) is 21.9. The van der Waals surface area contributed by atoms with Crippen molar-refractivity contribution in [3.05, 3.63) is 36.7 Å². The van der Waals surface area contributed by atoms with Crippen molar-refractivity contribution in [2.75, 3.05) is 13.2 Å². The van der Waals surface area contributed by atoms with E-state index in [2.05, 4.69) is 36.9 Å². The maximum atomic E-state index is 5.95. The summed E-state index contributed by atoms with van der Waals surface area (Å²) in [7, 11) is -0.853. The third-order valence-corrected chi connectivity index (χ3v) is 11.1. The Labute approximate surface area is 229 Å². The molecule has 2 rings (SSSR count). The standard InChI is InChI=1S/C32H54N2O2Si/c1-5-7-8-9-14-18-25-36-31-27-33-32(34-28-31)29-20-22-30(23-21-29)35-24-17-15-12-10-11-13-16-19-26-37(3,4)6-2/h20-23,27-28H,5-19,24-26H2,1-4H3. The van der Waals surface area contributed by atoms with Crippen molar-refractivity contribution in [2.24, 2.45) is 0 Å². The number of rotatable bonds is 22. The maximum Gasteiger partial charge on any atom is 0.159 e. The second kappa shape index (κ2) is 19.2. The van der Waals surface area contributed by atoms with Crippen molar-refractivity contribution >= 4 is 8.07 Å². The van der Waals surface area contributed by atoms with E-state index < -0.39 is 8.07 Å². The number of hydrogen-bond acceptors (Lipinski definition) is 4. The Balaban J connectivity index is 1.52. The van der Waals surface area contributed by atoms with Crippen LogP contribution >= 0.6 is 0 Å². The fraction of sp³-hybridized carbons (Fsp3) is 0.688. The predicted octanol–water partition coefficient (Wildman–Crippen LogP) is 10.1. The van der Waals surface area contributed by atoms with Crippen LogP contribution in [0.4, 0.5) is 0 Å². The molecule has 208 valence electrons.